The number of halogens is 1. The van der Waals surface area contributed by atoms with Crippen molar-refractivity contribution < 1.29 is 44.3 Å². The third-order valence-corrected chi connectivity index (χ3v) is 8.20. The summed E-state index contributed by atoms with van der Waals surface area (Å²) >= 11 is 5.61. The van der Waals surface area contributed by atoms with Gasteiger partial charge in [-0.3, -0.25) is 0 Å². The van der Waals surface area contributed by atoms with Crippen molar-refractivity contribution in [2.75, 3.05) is 13.1 Å². The number of aryl methyl sites for hydroxylation is 1. The first-order valence-electron chi connectivity index (χ1n) is 11.9. The standard InChI is InChI=1S/C19H25N4O3S.C7H6Cl.U/c20-14-15-5-4-8-18(13-15)27(25,26)23-11-9-17(10-12-23)22-19(24)21-16-6-2-1-3-7-16;1-6-3-2-4-7(8)5-6;/h4-5,13,16-17H,1-3,6-7,9-12H2,(H2,21,22,24);3-5H,1H3;/q2*-1;+2. The Kier molecular flexibility index (Phi) is 12.8. The van der Waals surface area contributed by atoms with E-state index in [-0.39, 0.29) is 54.1 Å². The van der Waals surface area contributed by atoms with E-state index in [9.17, 15) is 13.2 Å². The number of nitrogens with one attached hydrogen (secondary N) is 2. The van der Waals surface area contributed by atoms with E-state index < -0.39 is 10.0 Å². The minimum Gasteiger partial charge on any atom is -0.335 e. The topological polar surface area (TPSA) is 102 Å². The third-order valence-electron chi connectivity index (χ3n) is 6.15. The average Bonchev–Trinajstić information content (AvgIpc) is 2.85. The van der Waals surface area contributed by atoms with Crippen LogP contribution in [0.2, 0.25) is 5.02 Å². The normalized spacial score (nSPS) is 17.0. The van der Waals surface area contributed by atoms with Gasteiger partial charge in [-0.1, -0.05) is 36.8 Å². The van der Waals surface area contributed by atoms with Crippen LogP contribution in [0.1, 0.15) is 56.1 Å². The molecule has 0 radical (unpaired) electrons. The van der Waals surface area contributed by atoms with Crippen molar-refractivity contribution in [1.29, 1.82) is 5.26 Å². The van der Waals surface area contributed by atoms with E-state index in [1.54, 1.807) is 6.07 Å². The van der Waals surface area contributed by atoms with Gasteiger partial charge >= 0.3 is 37.1 Å². The maximum atomic E-state index is 12.7. The molecule has 7 nitrogen and oxygen atoms in total. The monoisotopic (exact) mass is 752 g/mol. The Morgan fingerprint density at radius 1 is 1.08 bits per heavy atom. The molecule has 0 unspecified atom stereocenters. The minimum absolute atomic E-state index is 0. The van der Waals surface area contributed by atoms with Gasteiger partial charge in [-0.05, 0) is 30.6 Å². The van der Waals surface area contributed by atoms with E-state index in [2.05, 4.69) is 22.8 Å². The molecule has 10 heteroatoms. The minimum atomic E-state index is -3.67. The Labute approximate surface area is 243 Å². The number of hydrogen-bond acceptors (Lipinski definition) is 4. The molecule has 2 fully saturated rings. The second-order valence-electron chi connectivity index (χ2n) is 8.91. The first-order valence-corrected chi connectivity index (χ1v) is 13.7. The smallest absolute Gasteiger partial charge is 0.335 e. The van der Waals surface area contributed by atoms with Crippen LogP contribution in [0.25, 0.3) is 0 Å². The summed E-state index contributed by atoms with van der Waals surface area (Å²) < 4.78 is 26.9. The van der Waals surface area contributed by atoms with Gasteiger partial charge in [0.2, 0.25) is 10.0 Å². The van der Waals surface area contributed by atoms with E-state index in [1.807, 2.05) is 25.1 Å². The summed E-state index contributed by atoms with van der Waals surface area (Å²) in [5.74, 6) is 0. The maximum absolute atomic E-state index is 12.7. The van der Waals surface area contributed by atoms with Gasteiger partial charge in [0.15, 0.2) is 0 Å². The molecule has 2 N–H and O–H groups in total. The molecule has 190 valence electrons. The van der Waals surface area contributed by atoms with Crippen LogP contribution in [0.3, 0.4) is 0 Å². The fourth-order valence-electron chi connectivity index (χ4n) is 4.26. The van der Waals surface area contributed by atoms with Crippen LogP contribution in [0.5, 0.6) is 0 Å². The molecule has 1 heterocycles. The quantitative estimate of drug-likeness (QED) is 0.447. The second kappa shape index (κ2) is 15.0. The zero-order valence-electron chi connectivity index (χ0n) is 20.4. The van der Waals surface area contributed by atoms with E-state index >= 15 is 0 Å². The van der Waals surface area contributed by atoms with Crippen molar-refractivity contribution in [1.82, 2.24) is 14.9 Å². The maximum Gasteiger partial charge on any atom is 2.00 e. The van der Waals surface area contributed by atoms with Gasteiger partial charge < -0.3 is 10.6 Å². The second-order valence-corrected chi connectivity index (χ2v) is 11.3. The molecule has 2 amide bonds. The Bertz CT molecular complexity index is 1120. The van der Waals surface area contributed by atoms with Gasteiger partial charge in [-0.2, -0.15) is 69.2 Å². The number of nitrogens with zero attached hydrogens (tertiary/aromatic N) is 2. The summed E-state index contributed by atoms with van der Waals surface area (Å²) in [5, 5.41) is 15.7. The predicted octanol–water partition coefficient (Wildman–Crippen LogP) is 4.59. The van der Waals surface area contributed by atoms with Gasteiger partial charge in [0.1, 0.15) is 0 Å². The summed E-state index contributed by atoms with van der Waals surface area (Å²) in [4.78, 5) is 12.2. The molecule has 1 aliphatic heterocycles. The summed E-state index contributed by atoms with van der Waals surface area (Å²) in [6, 6.07) is 17.5. The Hall–Kier alpha value is -1.55. The van der Waals surface area contributed by atoms with Crippen LogP contribution in [-0.2, 0) is 10.0 Å². The van der Waals surface area contributed by atoms with E-state index in [0.717, 1.165) is 36.3 Å². The number of benzene rings is 2. The van der Waals surface area contributed by atoms with Crippen molar-refractivity contribution in [3.8, 4) is 6.07 Å². The van der Waals surface area contributed by atoms with Crippen molar-refractivity contribution in [2.45, 2.75) is 68.8 Å². The largest absolute Gasteiger partial charge is 2.00 e. The summed E-state index contributed by atoms with van der Waals surface area (Å²) in [7, 11) is -3.67. The molecule has 4 rings (SSSR count). The fourth-order valence-corrected chi connectivity index (χ4v) is 5.95. The van der Waals surface area contributed by atoms with Gasteiger partial charge in [0, 0.05) is 25.2 Å². The molecule has 2 aromatic rings. The van der Waals surface area contributed by atoms with Crippen LogP contribution >= 0.6 is 11.6 Å². The van der Waals surface area contributed by atoms with Crippen molar-refractivity contribution in [2.24, 2.45) is 0 Å². The van der Waals surface area contributed by atoms with Crippen LogP contribution in [0.15, 0.2) is 41.3 Å². The van der Waals surface area contributed by atoms with Gasteiger partial charge in [-0.15, -0.1) is 6.07 Å². The SMILES string of the molecule is Cc1c[c-]cc(Cl)c1.N#Cc1cc[c-]c(S(=O)(=O)N2CCC(NC(=O)NC3CCCCC3)CC2)c1.[U+2]. The molecule has 36 heavy (non-hydrogen) atoms. The van der Waals surface area contributed by atoms with Crippen molar-refractivity contribution in [3.63, 3.8) is 0 Å². The number of amides is 2. The number of carbonyl (C=O) groups is 1. The van der Waals surface area contributed by atoms with Crippen LogP contribution in [-0.4, -0.2) is 43.9 Å². The zero-order valence-corrected chi connectivity index (χ0v) is 26.1. The first-order chi connectivity index (χ1) is 16.8. The number of sulfonamides is 1. The fraction of sp³-hybridized carbons (Fsp3) is 0.462. The van der Waals surface area contributed by atoms with E-state index in [1.165, 1.54) is 28.9 Å². The third kappa shape index (κ3) is 9.40. The molecule has 1 saturated carbocycles. The molecule has 1 aliphatic carbocycles. The summed E-state index contributed by atoms with van der Waals surface area (Å²) in [6.45, 7) is 2.66. The van der Waals surface area contributed by atoms with E-state index in [4.69, 9.17) is 16.9 Å². The zero-order chi connectivity index (χ0) is 25.3. The van der Waals surface area contributed by atoms with Crippen LogP contribution < -0.4 is 10.6 Å². The van der Waals surface area contributed by atoms with Gasteiger partial charge in [-0.25, -0.2) is 13.2 Å². The van der Waals surface area contributed by atoms with Crippen LogP contribution in [0, 0.1) is 61.5 Å². The predicted molar refractivity (Wildman–Crippen MR) is 135 cm³/mol. The number of rotatable bonds is 4. The average molecular weight is 753 g/mol. The molecular formula is C26H31ClN4O3SU. The molecule has 0 aromatic heterocycles. The molecule has 0 bridgehead atoms. The number of hydrogen-bond donors (Lipinski definition) is 2. The van der Waals surface area contributed by atoms with Crippen molar-refractivity contribution in [3.05, 3.63) is 64.7 Å². The molecular weight excluding hydrogens is 722 g/mol. The molecule has 1 saturated heterocycles. The summed E-state index contributed by atoms with van der Waals surface area (Å²) in [5.41, 5.74) is 1.45. The molecule has 0 spiro atoms. The molecule has 0 atom stereocenters. The number of nitriles is 1. The van der Waals surface area contributed by atoms with Crippen molar-refractivity contribution >= 4 is 27.7 Å². The number of carbonyl (C=O) groups excluding carboxylic acids is 1. The van der Waals surface area contributed by atoms with Crippen LogP contribution in [0.4, 0.5) is 4.79 Å². The number of piperidine rings is 1. The van der Waals surface area contributed by atoms with Gasteiger partial charge in [0.05, 0.1) is 6.07 Å². The molecule has 2 aliphatic rings. The Balaban J connectivity index is 0.000000433. The molecule has 2 aromatic carbocycles. The number of urea groups is 1. The Morgan fingerprint density at radius 3 is 2.28 bits per heavy atom. The van der Waals surface area contributed by atoms with E-state index in [0.29, 0.717) is 31.5 Å². The summed E-state index contributed by atoms with van der Waals surface area (Å²) in [6.07, 6.45) is 6.74. The Morgan fingerprint density at radius 2 is 1.72 bits per heavy atom. The first kappa shape index (κ1) is 30.7. The van der Waals surface area contributed by atoms with Gasteiger partial charge in [0.25, 0.3) is 0 Å².